The van der Waals surface area contributed by atoms with Gasteiger partial charge in [0.15, 0.2) is 0 Å². The standard InChI is InChI=1S/C19H23N3O3/c1-3-13-24-14(2)19(23)22-12-8-7-11-16(22)18-20-17(21-25-18)15-9-5-4-6-10-15/h3-6,9-10,14,16H,1,7-8,11-13H2,2H3/t14-,16+/m0/s1. The Labute approximate surface area is 147 Å². The molecule has 1 aromatic carbocycles. The first-order valence-corrected chi connectivity index (χ1v) is 8.62. The Balaban J connectivity index is 1.78. The lowest BCUT2D eigenvalue weighted by atomic mass is 10.0. The molecule has 0 bridgehead atoms. The van der Waals surface area contributed by atoms with Crippen LogP contribution in [0.25, 0.3) is 11.4 Å². The van der Waals surface area contributed by atoms with E-state index in [9.17, 15) is 4.79 Å². The molecule has 2 heterocycles. The number of likely N-dealkylation sites (tertiary alicyclic amines) is 1. The van der Waals surface area contributed by atoms with Gasteiger partial charge in [-0.15, -0.1) is 6.58 Å². The Morgan fingerprint density at radius 1 is 1.44 bits per heavy atom. The van der Waals surface area contributed by atoms with Crippen molar-refractivity contribution in [2.45, 2.75) is 38.3 Å². The molecule has 25 heavy (non-hydrogen) atoms. The summed E-state index contributed by atoms with van der Waals surface area (Å²) in [6, 6.07) is 9.48. The molecule has 1 fully saturated rings. The highest BCUT2D eigenvalue weighted by molar-refractivity contribution is 5.81. The van der Waals surface area contributed by atoms with Crippen LogP contribution < -0.4 is 0 Å². The zero-order valence-corrected chi connectivity index (χ0v) is 14.4. The molecule has 1 saturated heterocycles. The van der Waals surface area contributed by atoms with E-state index in [1.165, 1.54) is 0 Å². The molecular formula is C19H23N3O3. The Bertz CT molecular complexity index is 714. The second-order valence-electron chi connectivity index (χ2n) is 6.13. The zero-order valence-electron chi connectivity index (χ0n) is 14.4. The zero-order chi connectivity index (χ0) is 17.6. The second kappa shape index (κ2) is 8.07. The first-order chi connectivity index (χ1) is 12.2. The molecule has 132 valence electrons. The summed E-state index contributed by atoms with van der Waals surface area (Å²) in [6.45, 7) is 6.41. The number of nitrogens with zero attached hydrogens (tertiary/aromatic N) is 3. The van der Waals surface area contributed by atoms with Gasteiger partial charge in [-0.3, -0.25) is 4.79 Å². The largest absolute Gasteiger partial charge is 0.365 e. The minimum absolute atomic E-state index is 0.0500. The van der Waals surface area contributed by atoms with Crippen molar-refractivity contribution >= 4 is 5.91 Å². The summed E-state index contributed by atoms with van der Waals surface area (Å²) in [5.74, 6) is 0.985. The summed E-state index contributed by atoms with van der Waals surface area (Å²) >= 11 is 0. The molecule has 0 radical (unpaired) electrons. The lowest BCUT2D eigenvalue weighted by Crippen LogP contribution is -2.44. The van der Waals surface area contributed by atoms with Gasteiger partial charge in [-0.05, 0) is 26.2 Å². The maximum Gasteiger partial charge on any atom is 0.252 e. The van der Waals surface area contributed by atoms with Crippen molar-refractivity contribution in [1.29, 1.82) is 0 Å². The van der Waals surface area contributed by atoms with Gasteiger partial charge < -0.3 is 14.2 Å². The van der Waals surface area contributed by atoms with Gasteiger partial charge in [0.2, 0.25) is 11.7 Å². The van der Waals surface area contributed by atoms with E-state index in [1.54, 1.807) is 17.9 Å². The quantitative estimate of drug-likeness (QED) is 0.754. The van der Waals surface area contributed by atoms with Crippen molar-refractivity contribution in [3.8, 4) is 11.4 Å². The molecule has 0 N–H and O–H groups in total. The molecule has 6 nitrogen and oxygen atoms in total. The summed E-state index contributed by atoms with van der Waals surface area (Å²) < 4.78 is 11.0. The summed E-state index contributed by atoms with van der Waals surface area (Å²) in [5, 5.41) is 4.08. The van der Waals surface area contributed by atoms with E-state index in [2.05, 4.69) is 16.7 Å². The summed E-state index contributed by atoms with van der Waals surface area (Å²) in [5.41, 5.74) is 0.897. The smallest absolute Gasteiger partial charge is 0.252 e. The van der Waals surface area contributed by atoms with Gasteiger partial charge in [-0.1, -0.05) is 41.6 Å². The first-order valence-electron chi connectivity index (χ1n) is 8.62. The Hall–Kier alpha value is -2.47. The minimum atomic E-state index is -0.518. The second-order valence-corrected chi connectivity index (χ2v) is 6.13. The van der Waals surface area contributed by atoms with Crippen LogP contribution in [0, 0.1) is 0 Å². The molecule has 6 heteroatoms. The van der Waals surface area contributed by atoms with E-state index in [1.807, 2.05) is 30.3 Å². The lowest BCUT2D eigenvalue weighted by Gasteiger charge is -2.34. The predicted octanol–water partition coefficient (Wildman–Crippen LogP) is 3.38. The van der Waals surface area contributed by atoms with Gasteiger partial charge in [0.1, 0.15) is 12.1 Å². The number of amides is 1. The molecule has 1 aromatic heterocycles. The fourth-order valence-corrected chi connectivity index (χ4v) is 3.04. The maximum atomic E-state index is 12.7. The van der Waals surface area contributed by atoms with Crippen LogP contribution in [0.3, 0.4) is 0 Å². The van der Waals surface area contributed by atoms with Crippen LogP contribution in [0.2, 0.25) is 0 Å². The summed E-state index contributed by atoms with van der Waals surface area (Å²) in [4.78, 5) is 19.1. The third-order valence-corrected chi connectivity index (χ3v) is 4.36. The average Bonchev–Trinajstić information content (AvgIpc) is 3.16. The average molecular weight is 341 g/mol. The molecular weight excluding hydrogens is 318 g/mol. The normalized spacial score (nSPS) is 18.8. The van der Waals surface area contributed by atoms with Crippen LogP contribution in [0.1, 0.15) is 38.1 Å². The molecule has 2 atom stereocenters. The summed E-state index contributed by atoms with van der Waals surface area (Å²) in [6.07, 6.45) is 3.93. The van der Waals surface area contributed by atoms with Crippen molar-refractivity contribution in [2.24, 2.45) is 0 Å². The Kier molecular flexibility index (Phi) is 5.60. The molecule has 2 aromatic rings. The van der Waals surface area contributed by atoms with Crippen LogP contribution in [0.5, 0.6) is 0 Å². The molecule has 1 aliphatic rings. The van der Waals surface area contributed by atoms with Crippen LogP contribution in [-0.4, -0.2) is 40.2 Å². The summed E-state index contributed by atoms with van der Waals surface area (Å²) in [7, 11) is 0. The third kappa shape index (κ3) is 3.96. The molecule has 1 amide bonds. The molecule has 0 aliphatic carbocycles. The monoisotopic (exact) mass is 341 g/mol. The first kappa shape index (κ1) is 17.4. The molecule has 0 spiro atoms. The minimum Gasteiger partial charge on any atom is -0.365 e. The number of hydrogen-bond acceptors (Lipinski definition) is 5. The van der Waals surface area contributed by atoms with Gasteiger partial charge in [0.05, 0.1) is 6.61 Å². The van der Waals surface area contributed by atoms with Crippen molar-refractivity contribution in [1.82, 2.24) is 15.0 Å². The fraction of sp³-hybridized carbons (Fsp3) is 0.421. The Morgan fingerprint density at radius 3 is 3.00 bits per heavy atom. The van der Waals surface area contributed by atoms with E-state index in [4.69, 9.17) is 9.26 Å². The number of carbonyl (C=O) groups excluding carboxylic acids is 1. The van der Waals surface area contributed by atoms with Crippen LogP contribution in [-0.2, 0) is 9.53 Å². The predicted molar refractivity (Wildman–Crippen MR) is 93.7 cm³/mol. The van der Waals surface area contributed by atoms with Gasteiger partial charge >= 0.3 is 0 Å². The van der Waals surface area contributed by atoms with Crippen LogP contribution in [0.15, 0.2) is 47.5 Å². The number of carbonyl (C=O) groups is 1. The number of rotatable bonds is 6. The van der Waals surface area contributed by atoms with E-state index in [0.717, 1.165) is 24.8 Å². The van der Waals surface area contributed by atoms with E-state index in [-0.39, 0.29) is 11.9 Å². The number of hydrogen-bond donors (Lipinski definition) is 0. The maximum absolute atomic E-state index is 12.7. The highest BCUT2D eigenvalue weighted by Crippen LogP contribution is 2.31. The van der Waals surface area contributed by atoms with E-state index >= 15 is 0 Å². The fourth-order valence-electron chi connectivity index (χ4n) is 3.04. The number of ether oxygens (including phenoxy) is 1. The van der Waals surface area contributed by atoms with E-state index in [0.29, 0.717) is 24.9 Å². The molecule has 1 aliphatic heterocycles. The van der Waals surface area contributed by atoms with E-state index < -0.39 is 6.10 Å². The molecule has 0 saturated carbocycles. The SMILES string of the molecule is C=CCO[C@@H](C)C(=O)N1CCCC[C@@H]1c1nc(-c2ccccc2)no1. The number of aromatic nitrogens is 2. The topological polar surface area (TPSA) is 68.5 Å². The number of piperidine rings is 1. The van der Waals surface area contributed by atoms with Gasteiger partial charge in [-0.25, -0.2) is 0 Å². The highest BCUT2D eigenvalue weighted by atomic mass is 16.5. The van der Waals surface area contributed by atoms with Gasteiger partial charge in [0.25, 0.3) is 5.91 Å². The van der Waals surface area contributed by atoms with Crippen LogP contribution in [0.4, 0.5) is 0 Å². The molecule has 0 unspecified atom stereocenters. The van der Waals surface area contributed by atoms with Crippen molar-refractivity contribution in [2.75, 3.05) is 13.2 Å². The van der Waals surface area contributed by atoms with Gasteiger partial charge in [-0.2, -0.15) is 4.98 Å². The highest BCUT2D eigenvalue weighted by Gasteiger charge is 2.34. The van der Waals surface area contributed by atoms with Gasteiger partial charge in [0, 0.05) is 12.1 Å². The van der Waals surface area contributed by atoms with Crippen LogP contribution >= 0.6 is 0 Å². The van der Waals surface area contributed by atoms with Crippen molar-refractivity contribution in [3.05, 3.63) is 48.9 Å². The Morgan fingerprint density at radius 2 is 2.24 bits per heavy atom. The molecule has 3 rings (SSSR count). The number of benzene rings is 1. The van der Waals surface area contributed by atoms with Crippen molar-refractivity contribution in [3.63, 3.8) is 0 Å². The van der Waals surface area contributed by atoms with Crippen molar-refractivity contribution < 1.29 is 14.1 Å². The lowest BCUT2D eigenvalue weighted by molar-refractivity contribution is -0.146. The third-order valence-electron chi connectivity index (χ3n) is 4.36.